The fourth-order valence-electron chi connectivity index (χ4n) is 3.12. The highest BCUT2D eigenvalue weighted by Crippen LogP contribution is 2.37. The molecule has 2 fully saturated rings. The van der Waals surface area contributed by atoms with E-state index in [4.69, 9.17) is 0 Å². The van der Waals surface area contributed by atoms with Crippen molar-refractivity contribution in [3.63, 3.8) is 0 Å². The molecule has 0 spiro atoms. The maximum absolute atomic E-state index is 4.67. The standard InChI is InChI=1S/C15H26N6/c1-3-15(8-7-9-15)20-13-17-12(16-4-2)18-14(19-13)21-10-5-6-11-21/h3-11H2,1-2H3,(H2,16,17,18,19,20). The number of hydrogen-bond donors (Lipinski definition) is 2. The summed E-state index contributed by atoms with van der Waals surface area (Å²) in [6, 6.07) is 0. The van der Waals surface area contributed by atoms with Crippen molar-refractivity contribution >= 4 is 17.8 Å². The van der Waals surface area contributed by atoms with Crippen molar-refractivity contribution in [2.75, 3.05) is 35.2 Å². The van der Waals surface area contributed by atoms with Crippen LogP contribution in [-0.2, 0) is 0 Å². The molecule has 0 atom stereocenters. The quantitative estimate of drug-likeness (QED) is 0.839. The normalized spacial score (nSPS) is 20.2. The first-order chi connectivity index (χ1) is 10.2. The van der Waals surface area contributed by atoms with Gasteiger partial charge in [-0.2, -0.15) is 15.0 Å². The molecule has 2 N–H and O–H groups in total. The second-order valence-corrected chi connectivity index (χ2v) is 6.12. The molecule has 1 saturated carbocycles. The molecule has 0 radical (unpaired) electrons. The molecular weight excluding hydrogens is 264 g/mol. The molecule has 1 aliphatic carbocycles. The second-order valence-electron chi connectivity index (χ2n) is 6.12. The van der Waals surface area contributed by atoms with Crippen LogP contribution in [0.25, 0.3) is 0 Å². The number of nitrogens with one attached hydrogen (secondary N) is 2. The summed E-state index contributed by atoms with van der Waals surface area (Å²) in [6.07, 6.45) is 7.29. The van der Waals surface area contributed by atoms with Crippen LogP contribution in [0.1, 0.15) is 52.4 Å². The zero-order valence-corrected chi connectivity index (χ0v) is 13.2. The second kappa shape index (κ2) is 6.03. The van der Waals surface area contributed by atoms with E-state index < -0.39 is 0 Å². The van der Waals surface area contributed by atoms with Gasteiger partial charge < -0.3 is 15.5 Å². The van der Waals surface area contributed by atoms with E-state index in [2.05, 4.69) is 44.3 Å². The number of anilines is 3. The van der Waals surface area contributed by atoms with Gasteiger partial charge in [0.1, 0.15) is 0 Å². The van der Waals surface area contributed by atoms with Crippen LogP contribution in [0.3, 0.4) is 0 Å². The first-order valence-electron chi connectivity index (χ1n) is 8.28. The Labute approximate surface area is 126 Å². The third-order valence-corrected chi connectivity index (χ3v) is 4.71. The summed E-state index contributed by atoms with van der Waals surface area (Å²) in [4.78, 5) is 16.0. The lowest BCUT2D eigenvalue weighted by atomic mass is 9.75. The van der Waals surface area contributed by atoms with Crippen molar-refractivity contribution in [2.24, 2.45) is 0 Å². The summed E-state index contributed by atoms with van der Waals surface area (Å²) < 4.78 is 0. The minimum atomic E-state index is 0.202. The molecule has 2 aliphatic rings. The van der Waals surface area contributed by atoms with Gasteiger partial charge in [0.05, 0.1) is 0 Å². The largest absolute Gasteiger partial charge is 0.354 e. The average Bonchev–Trinajstić information content (AvgIpc) is 2.97. The Hall–Kier alpha value is -1.59. The zero-order chi connectivity index (χ0) is 14.7. The smallest absolute Gasteiger partial charge is 0.231 e. The van der Waals surface area contributed by atoms with Gasteiger partial charge in [0.2, 0.25) is 17.8 Å². The van der Waals surface area contributed by atoms with Gasteiger partial charge in [-0.15, -0.1) is 0 Å². The van der Waals surface area contributed by atoms with Crippen molar-refractivity contribution in [3.05, 3.63) is 0 Å². The lowest BCUT2D eigenvalue weighted by Gasteiger charge is -2.42. The number of aromatic nitrogens is 3. The van der Waals surface area contributed by atoms with E-state index in [9.17, 15) is 0 Å². The number of nitrogens with zero attached hydrogens (tertiary/aromatic N) is 4. The molecule has 1 aliphatic heterocycles. The molecule has 1 aromatic rings. The Balaban J connectivity index is 1.83. The highest BCUT2D eigenvalue weighted by atomic mass is 15.3. The predicted molar refractivity (Wildman–Crippen MR) is 85.9 cm³/mol. The van der Waals surface area contributed by atoms with E-state index in [1.54, 1.807) is 0 Å². The molecule has 21 heavy (non-hydrogen) atoms. The van der Waals surface area contributed by atoms with Crippen molar-refractivity contribution in [1.29, 1.82) is 0 Å². The van der Waals surface area contributed by atoms with Gasteiger partial charge in [-0.3, -0.25) is 0 Å². The maximum atomic E-state index is 4.67. The molecule has 1 saturated heterocycles. The minimum absolute atomic E-state index is 0.202. The van der Waals surface area contributed by atoms with E-state index in [-0.39, 0.29) is 5.54 Å². The molecule has 0 aromatic carbocycles. The zero-order valence-electron chi connectivity index (χ0n) is 13.2. The molecule has 1 aromatic heterocycles. The highest BCUT2D eigenvalue weighted by molar-refractivity contribution is 5.45. The molecule has 6 heteroatoms. The monoisotopic (exact) mass is 290 g/mol. The van der Waals surface area contributed by atoms with Crippen molar-refractivity contribution in [3.8, 4) is 0 Å². The molecule has 0 unspecified atom stereocenters. The van der Waals surface area contributed by atoms with E-state index >= 15 is 0 Å². The van der Waals surface area contributed by atoms with Crippen LogP contribution < -0.4 is 15.5 Å². The summed E-state index contributed by atoms with van der Waals surface area (Å²) in [5.41, 5.74) is 0.202. The Kier molecular flexibility index (Phi) is 4.12. The fourth-order valence-corrected chi connectivity index (χ4v) is 3.12. The van der Waals surface area contributed by atoms with E-state index in [1.807, 2.05) is 0 Å². The Morgan fingerprint density at radius 3 is 2.29 bits per heavy atom. The molecule has 2 heterocycles. The van der Waals surface area contributed by atoms with Gasteiger partial charge in [0.15, 0.2) is 0 Å². The van der Waals surface area contributed by atoms with Gasteiger partial charge in [-0.05, 0) is 45.4 Å². The Morgan fingerprint density at radius 2 is 1.71 bits per heavy atom. The van der Waals surface area contributed by atoms with Crippen LogP contribution in [0.5, 0.6) is 0 Å². The van der Waals surface area contributed by atoms with Crippen LogP contribution in [0.4, 0.5) is 17.8 Å². The summed E-state index contributed by atoms with van der Waals surface area (Å²) in [7, 11) is 0. The Morgan fingerprint density at radius 1 is 1.00 bits per heavy atom. The molecule has 3 rings (SSSR count). The van der Waals surface area contributed by atoms with Crippen molar-refractivity contribution in [1.82, 2.24) is 15.0 Å². The topological polar surface area (TPSA) is 66.0 Å². The maximum Gasteiger partial charge on any atom is 0.231 e. The average molecular weight is 290 g/mol. The van der Waals surface area contributed by atoms with Gasteiger partial charge >= 0.3 is 0 Å². The predicted octanol–water partition coefficient (Wildman–Crippen LogP) is 2.65. The van der Waals surface area contributed by atoms with Crippen molar-refractivity contribution < 1.29 is 0 Å². The van der Waals surface area contributed by atoms with Gasteiger partial charge in [0, 0.05) is 25.2 Å². The third-order valence-electron chi connectivity index (χ3n) is 4.71. The van der Waals surface area contributed by atoms with Gasteiger partial charge in [-0.1, -0.05) is 6.92 Å². The lowest BCUT2D eigenvalue weighted by Crippen LogP contribution is -2.45. The molecular formula is C15H26N6. The van der Waals surface area contributed by atoms with Crippen LogP contribution in [0, 0.1) is 0 Å². The highest BCUT2D eigenvalue weighted by Gasteiger charge is 2.36. The first-order valence-corrected chi connectivity index (χ1v) is 8.28. The minimum Gasteiger partial charge on any atom is -0.354 e. The van der Waals surface area contributed by atoms with Crippen LogP contribution in [0.15, 0.2) is 0 Å². The number of rotatable bonds is 6. The molecule has 0 bridgehead atoms. The molecule has 6 nitrogen and oxygen atoms in total. The molecule has 116 valence electrons. The van der Waals surface area contributed by atoms with Crippen LogP contribution in [0.2, 0.25) is 0 Å². The van der Waals surface area contributed by atoms with E-state index in [1.165, 1.54) is 32.1 Å². The van der Waals surface area contributed by atoms with Crippen LogP contribution in [-0.4, -0.2) is 40.1 Å². The van der Waals surface area contributed by atoms with E-state index in [0.717, 1.165) is 38.0 Å². The lowest BCUT2D eigenvalue weighted by molar-refractivity contribution is 0.268. The summed E-state index contributed by atoms with van der Waals surface area (Å²) in [5.74, 6) is 2.22. The summed E-state index contributed by atoms with van der Waals surface area (Å²) in [6.45, 7) is 7.22. The van der Waals surface area contributed by atoms with Gasteiger partial charge in [-0.25, -0.2) is 0 Å². The SMILES string of the molecule is CCNc1nc(NC2(CC)CCC2)nc(N2CCCC2)n1. The first kappa shape index (κ1) is 14.4. The third kappa shape index (κ3) is 3.04. The summed E-state index contributed by atoms with van der Waals surface area (Å²) in [5, 5.41) is 6.80. The summed E-state index contributed by atoms with van der Waals surface area (Å²) >= 11 is 0. The van der Waals surface area contributed by atoms with Gasteiger partial charge in [0.25, 0.3) is 0 Å². The molecule has 0 amide bonds. The fraction of sp³-hybridized carbons (Fsp3) is 0.800. The Bertz CT molecular complexity index is 474. The van der Waals surface area contributed by atoms with Crippen LogP contribution >= 0.6 is 0 Å². The number of hydrogen-bond acceptors (Lipinski definition) is 6. The van der Waals surface area contributed by atoms with E-state index in [0.29, 0.717) is 5.95 Å². The van der Waals surface area contributed by atoms with Crippen molar-refractivity contribution in [2.45, 2.75) is 57.9 Å².